The van der Waals surface area contributed by atoms with Gasteiger partial charge in [-0.05, 0) is 80.1 Å². The maximum atomic E-state index is 13.0. The summed E-state index contributed by atoms with van der Waals surface area (Å²) in [5.74, 6) is 1.68. The summed E-state index contributed by atoms with van der Waals surface area (Å²) in [7, 11) is 1.74. The van der Waals surface area contributed by atoms with Gasteiger partial charge in [0.1, 0.15) is 5.75 Å². The molecule has 2 unspecified atom stereocenters. The zero-order valence-electron chi connectivity index (χ0n) is 19.3. The third-order valence-electron chi connectivity index (χ3n) is 7.26. The number of ether oxygens (including phenoxy) is 3. The summed E-state index contributed by atoms with van der Waals surface area (Å²) in [5.41, 5.74) is 5.09. The van der Waals surface area contributed by atoms with Crippen LogP contribution in [0.5, 0.6) is 5.75 Å². The molecule has 31 heavy (non-hydrogen) atoms. The van der Waals surface area contributed by atoms with E-state index in [0.717, 1.165) is 62.9 Å². The van der Waals surface area contributed by atoms with Crippen molar-refractivity contribution in [3.05, 3.63) is 40.5 Å². The molecule has 0 bridgehead atoms. The molecule has 1 fully saturated rings. The molecule has 0 radical (unpaired) electrons. The van der Waals surface area contributed by atoms with Crippen molar-refractivity contribution in [2.75, 3.05) is 13.7 Å². The first kappa shape index (κ1) is 22.5. The van der Waals surface area contributed by atoms with E-state index < -0.39 is 0 Å². The van der Waals surface area contributed by atoms with Gasteiger partial charge >= 0.3 is 0 Å². The molecule has 1 heterocycles. The number of methoxy groups -OCH3 is 1. The zero-order chi connectivity index (χ0) is 21.6. The van der Waals surface area contributed by atoms with E-state index in [0.29, 0.717) is 18.1 Å². The minimum atomic E-state index is -0.0564. The highest BCUT2D eigenvalue weighted by Crippen LogP contribution is 2.43. The van der Waals surface area contributed by atoms with Gasteiger partial charge in [-0.2, -0.15) is 0 Å². The van der Waals surface area contributed by atoms with Crippen LogP contribution in [-0.4, -0.2) is 31.9 Å². The minimum Gasteiger partial charge on any atom is -0.496 e. The fraction of sp³-hybridized carbons (Fsp3) is 0.667. The van der Waals surface area contributed by atoms with E-state index in [1.165, 1.54) is 42.4 Å². The van der Waals surface area contributed by atoms with Crippen LogP contribution in [0.2, 0.25) is 0 Å². The number of unbranched alkanes of at least 4 members (excludes halogenated alkanes) is 2. The topological polar surface area (TPSA) is 44.8 Å². The smallest absolute Gasteiger partial charge is 0.159 e. The van der Waals surface area contributed by atoms with E-state index >= 15 is 0 Å². The van der Waals surface area contributed by atoms with Gasteiger partial charge in [-0.1, -0.05) is 43.9 Å². The molecule has 2 aliphatic carbocycles. The highest BCUT2D eigenvalue weighted by molar-refractivity contribution is 5.99. The van der Waals surface area contributed by atoms with Crippen molar-refractivity contribution >= 4 is 5.78 Å². The Balaban J connectivity index is 1.44. The number of carbonyl (C=O) groups is 1. The Labute approximate surface area is 187 Å². The fourth-order valence-corrected chi connectivity index (χ4v) is 5.53. The Morgan fingerprint density at radius 2 is 2.06 bits per heavy atom. The van der Waals surface area contributed by atoms with Gasteiger partial charge < -0.3 is 14.2 Å². The monoisotopic (exact) mass is 426 g/mol. The number of rotatable bonds is 10. The Bertz CT molecular complexity index is 790. The van der Waals surface area contributed by atoms with Gasteiger partial charge in [-0.15, -0.1) is 0 Å². The summed E-state index contributed by atoms with van der Waals surface area (Å²) < 4.78 is 17.8. The highest BCUT2D eigenvalue weighted by atomic mass is 16.7. The van der Waals surface area contributed by atoms with Crippen molar-refractivity contribution in [3.63, 3.8) is 0 Å². The van der Waals surface area contributed by atoms with Crippen molar-refractivity contribution in [1.29, 1.82) is 0 Å². The number of allylic oxidation sites excluding steroid dienone is 2. The Kier molecular flexibility index (Phi) is 7.84. The lowest BCUT2D eigenvalue weighted by Gasteiger charge is -2.28. The number of benzene rings is 1. The molecule has 1 aromatic carbocycles. The number of fused-ring (bicyclic) bond motifs is 2. The summed E-state index contributed by atoms with van der Waals surface area (Å²) in [4.78, 5) is 13.0. The summed E-state index contributed by atoms with van der Waals surface area (Å²) in [5, 5.41) is 0. The van der Waals surface area contributed by atoms with Gasteiger partial charge in [0.05, 0.1) is 13.2 Å². The first-order valence-electron chi connectivity index (χ1n) is 12.4. The molecule has 0 amide bonds. The van der Waals surface area contributed by atoms with Crippen LogP contribution in [0.25, 0.3) is 0 Å². The molecule has 0 spiro atoms. The maximum absolute atomic E-state index is 13.0. The van der Waals surface area contributed by atoms with Gasteiger partial charge in [-0.3, -0.25) is 4.79 Å². The molecule has 1 saturated heterocycles. The highest BCUT2D eigenvalue weighted by Gasteiger charge is 2.36. The Hall–Kier alpha value is -1.65. The lowest BCUT2D eigenvalue weighted by Crippen LogP contribution is -2.28. The SMILES string of the molecule is CCCCC[C@@H](CCC1=C2Cc3cccc(OC)c3CC2CC1=O)OC1CCCCO1. The first-order chi connectivity index (χ1) is 15.2. The molecule has 1 aromatic rings. The second kappa shape index (κ2) is 10.8. The van der Waals surface area contributed by atoms with Gasteiger partial charge in [0, 0.05) is 13.0 Å². The number of Topliss-reactive ketones (excluding diaryl/α,β-unsaturated/α-hetero) is 1. The lowest BCUT2D eigenvalue weighted by atomic mass is 9.80. The van der Waals surface area contributed by atoms with Crippen molar-refractivity contribution in [3.8, 4) is 5.75 Å². The van der Waals surface area contributed by atoms with Crippen molar-refractivity contribution in [2.24, 2.45) is 5.92 Å². The molecule has 170 valence electrons. The van der Waals surface area contributed by atoms with Crippen LogP contribution in [0.4, 0.5) is 0 Å². The average molecular weight is 427 g/mol. The van der Waals surface area contributed by atoms with Crippen molar-refractivity contribution in [2.45, 2.75) is 96.4 Å². The standard InChI is InChI=1S/C27H38O4/c1-3-4-5-10-21(31-27-12-6-7-15-30-27)13-14-22-23-16-19-9-8-11-26(29-2)24(19)17-20(23)18-25(22)28/h8-9,11,20-21,27H,3-7,10,12-18H2,1-2H3/t20?,21-,27?/m0/s1. The maximum Gasteiger partial charge on any atom is 0.159 e. The predicted octanol–water partition coefficient (Wildman–Crippen LogP) is 5.95. The summed E-state index contributed by atoms with van der Waals surface area (Å²) >= 11 is 0. The number of carbonyl (C=O) groups excluding carboxylic acids is 1. The molecule has 0 saturated carbocycles. The minimum absolute atomic E-state index is 0.0564. The fourth-order valence-electron chi connectivity index (χ4n) is 5.53. The molecule has 4 nitrogen and oxygen atoms in total. The van der Waals surface area contributed by atoms with Crippen LogP contribution in [0.1, 0.15) is 82.3 Å². The van der Waals surface area contributed by atoms with Crippen LogP contribution < -0.4 is 4.74 Å². The number of hydrogen-bond acceptors (Lipinski definition) is 4. The van der Waals surface area contributed by atoms with Crippen LogP contribution in [0.15, 0.2) is 29.3 Å². The zero-order valence-corrected chi connectivity index (χ0v) is 19.3. The van der Waals surface area contributed by atoms with E-state index in [1.807, 2.05) is 6.07 Å². The van der Waals surface area contributed by atoms with E-state index in [-0.39, 0.29) is 12.4 Å². The molecular weight excluding hydrogens is 388 g/mol. The van der Waals surface area contributed by atoms with Gasteiger partial charge in [0.2, 0.25) is 0 Å². The molecule has 0 N–H and O–H groups in total. The predicted molar refractivity (Wildman–Crippen MR) is 122 cm³/mol. The summed E-state index contributed by atoms with van der Waals surface area (Å²) in [6.07, 6.45) is 12.4. The normalized spacial score (nSPS) is 24.1. The average Bonchev–Trinajstić information content (AvgIpc) is 3.10. The lowest BCUT2D eigenvalue weighted by molar-refractivity contribution is -0.190. The quantitative estimate of drug-likeness (QED) is 0.434. The van der Waals surface area contributed by atoms with Gasteiger partial charge in [0.25, 0.3) is 0 Å². The molecule has 4 rings (SSSR count). The first-order valence-corrected chi connectivity index (χ1v) is 12.4. The molecule has 4 heteroatoms. The molecule has 3 atom stereocenters. The number of hydrogen-bond donors (Lipinski definition) is 0. The second-order valence-electron chi connectivity index (χ2n) is 9.40. The van der Waals surface area contributed by atoms with E-state index in [4.69, 9.17) is 14.2 Å². The van der Waals surface area contributed by atoms with Crippen LogP contribution in [0, 0.1) is 5.92 Å². The summed E-state index contributed by atoms with van der Waals surface area (Å²) in [6, 6.07) is 6.30. The second-order valence-corrected chi connectivity index (χ2v) is 9.40. The Morgan fingerprint density at radius 1 is 1.16 bits per heavy atom. The van der Waals surface area contributed by atoms with E-state index in [2.05, 4.69) is 19.1 Å². The molecule has 0 aromatic heterocycles. The number of ketones is 1. The largest absolute Gasteiger partial charge is 0.496 e. The van der Waals surface area contributed by atoms with Crippen molar-refractivity contribution < 1.29 is 19.0 Å². The van der Waals surface area contributed by atoms with Crippen LogP contribution in [0.3, 0.4) is 0 Å². The third-order valence-corrected chi connectivity index (χ3v) is 7.26. The van der Waals surface area contributed by atoms with Crippen LogP contribution >= 0.6 is 0 Å². The van der Waals surface area contributed by atoms with Gasteiger partial charge in [0.15, 0.2) is 12.1 Å². The van der Waals surface area contributed by atoms with Crippen molar-refractivity contribution in [1.82, 2.24) is 0 Å². The Morgan fingerprint density at radius 3 is 2.84 bits per heavy atom. The summed E-state index contributed by atoms with van der Waals surface area (Å²) in [6.45, 7) is 3.05. The molecular formula is C27H38O4. The third kappa shape index (κ3) is 5.40. The molecule has 1 aliphatic heterocycles. The molecule has 3 aliphatic rings. The van der Waals surface area contributed by atoms with E-state index in [1.54, 1.807) is 7.11 Å². The van der Waals surface area contributed by atoms with Gasteiger partial charge in [-0.25, -0.2) is 0 Å². The van der Waals surface area contributed by atoms with E-state index in [9.17, 15) is 4.79 Å². The van der Waals surface area contributed by atoms with Crippen LogP contribution in [-0.2, 0) is 27.1 Å².